The number of carbonyl (C=O) groups excluding carboxylic acids is 4. The molecule has 3 rings (SSSR count). The van der Waals surface area contributed by atoms with Gasteiger partial charge in [-0.25, -0.2) is 0 Å². The number of rotatable bonds is 6. The predicted octanol–water partition coefficient (Wildman–Crippen LogP) is 1.58. The highest BCUT2D eigenvalue weighted by molar-refractivity contribution is 6.21. The van der Waals surface area contributed by atoms with Crippen LogP contribution < -0.4 is 5.32 Å². The summed E-state index contributed by atoms with van der Waals surface area (Å²) in [5, 5.41) is 2.96. The molecular weight excluding hydrogens is 346 g/mol. The fraction of sp³-hybridized carbons (Fsp3) is 0.500. The van der Waals surface area contributed by atoms with Crippen LogP contribution in [0.3, 0.4) is 0 Å². The predicted molar refractivity (Wildman–Crippen MR) is 99.1 cm³/mol. The molecule has 1 fully saturated rings. The molecule has 0 aliphatic carbocycles. The van der Waals surface area contributed by atoms with E-state index >= 15 is 0 Å². The molecule has 1 N–H and O–H groups in total. The lowest BCUT2D eigenvalue weighted by molar-refractivity contribution is -0.132. The van der Waals surface area contributed by atoms with Gasteiger partial charge >= 0.3 is 0 Å². The van der Waals surface area contributed by atoms with E-state index < -0.39 is 0 Å². The number of benzene rings is 1. The zero-order valence-electron chi connectivity index (χ0n) is 15.6. The van der Waals surface area contributed by atoms with Gasteiger partial charge in [0.25, 0.3) is 11.8 Å². The Morgan fingerprint density at radius 1 is 1.04 bits per heavy atom. The molecule has 2 aliphatic heterocycles. The summed E-state index contributed by atoms with van der Waals surface area (Å²) in [6.45, 7) is 3.37. The molecule has 0 radical (unpaired) electrons. The SMILES string of the molecule is CCCC(=O)N1CCC(NC(=O)CCN2C(=O)c3ccccc3C2=O)CC1. The van der Waals surface area contributed by atoms with E-state index in [4.69, 9.17) is 0 Å². The van der Waals surface area contributed by atoms with Gasteiger partial charge in [-0.1, -0.05) is 19.1 Å². The van der Waals surface area contributed by atoms with E-state index in [1.165, 1.54) is 0 Å². The Labute approximate surface area is 158 Å². The van der Waals surface area contributed by atoms with Gasteiger partial charge in [-0.3, -0.25) is 24.1 Å². The van der Waals surface area contributed by atoms with Crippen LogP contribution in [0, 0.1) is 0 Å². The minimum Gasteiger partial charge on any atom is -0.353 e. The summed E-state index contributed by atoms with van der Waals surface area (Å²) >= 11 is 0. The molecule has 1 aromatic rings. The molecule has 2 heterocycles. The van der Waals surface area contributed by atoms with Crippen molar-refractivity contribution in [1.82, 2.24) is 15.1 Å². The molecule has 4 amide bonds. The Bertz CT molecular complexity index is 718. The number of imide groups is 1. The van der Waals surface area contributed by atoms with Crippen LogP contribution >= 0.6 is 0 Å². The maximum Gasteiger partial charge on any atom is 0.261 e. The number of carbonyl (C=O) groups is 4. The Morgan fingerprint density at radius 3 is 2.19 bits per heavy atom. The van der Waals surface area contributed by atoms with Gasteiger partial charge < -0.3 is 10.2 Å². The van der Waals surface area contributed by atoms with E-state index in [1.807, 2.05) is 11.8 Å². The molecular formula is C20H25N3O4. The summed E-state index contributed by atoms with van der Waals surface area (Å²) in [4.78, 5) is 51.7. The zero-order chi connectivity index (χ0) is 19.4. The summed E-state index contributed by atoms with van der Waals surface area (Å²) in [6.07, 6.45) is 2.95. The number of nitrogens with zero attached hydrogens (tertiary/aromatic N) is 2. The molecule has 0 unspecified atom stereocenters. The van der Waals surface area contributed by atoms with Crippen LogP contribution in [0.15, 0.2) is 24.3 Å². The van der Waals surface area contributed by atoms with Gasteiger partial charge in [-0.15, -0.1) is 0 Å². The average Bonchev–Trinajstić information content (AvgIpc) is 2.92. The van der Waals surface area contributed by atoms with Crippen molar-refractivity contribution in [3.63, 3.8) is 0 Å². The fourth-order valence-electron chi connectivity index (χ4n) is 3.60. The van der Waals surface area contributed by atoms with E-state index in [1.54, 1.807) is 24.3 Å². The fourth-order valence-corrected chi connectivity index (χ4v) is 3.60. The van der Waals surface area contributed by atoms with Gasteiger partial charge in [0, 0.05) is 38.5 Å². The Balaban J connectivity index is 1.44. The Morgan fingerprint density at radius 2 is 1.63 bits per heavy atom. The van der Waals surface area contributed by atoms with Gasteiger partial charge in [0.1, 0.15) is 0 Å². The summed E-state index contributed by atoms with van der Waals surface area (Å²) in [5.41, 5.74) is 0.791. The smallest absolute Gasteiger partial charge is 0.261 e. The van der Waals surface area contributed by atoms with E-state index in [9.17, 15) is 19.2 Å². The summed E-state index contributed by atoms with van der Waals surface area (Å²) in [5.74, 6) is -0.685. The molecule has 144 valence electrons. The molecule has 1 saturated heterocycles. The van der Waals surface area contributed by atoms with Crippen LogP contribution in [-0.2, 0) is 9.59 Å². The van der Waals surface area contributed by atoms with Gasteiger partial charge in [0.2, 0.25) is 11.8 Å². The number of piperidine rings is 1. The highest BCUT2D eigenvalue weighted by Gasteiger charge is 2.35. The number of amides is 4. The summed E-state index contributed by atoms with van der Waals surface area (Å²) < 4.78 is 0. The first-order valence-corrected chi connectivity index (χ1v) is 9.53. The zero-order valence-corrected chi connectivity index (χ0v) is 15.6. The van der Waals surface area contributed by atoms with Crippen LogP contribution in [0.4, 0.5) is 0 Å². The number of likely N-dealkylation sites (tertiary alicyclic amines) is 1. The number of hydrogen-bond acceptors (Lipinski definition) is 4. The van der Waals surface area contributed by atoms with Gasteiger partial charge in [-0.2, -0.15) is 0 Å². The maximum atomic E-state index is 12.3. The van der Waals surface area contributed by atoms with Crippen LogP contribution in [0.25, 0.3) is 0 Å². The number of nitrogens with one attached hydrogen (secondary N) is 1. The van der Waals surface area contributed by atoms with Crippen molar-refractivity contribution in [3.05, 3.63) is 35.4 Å². The van der Waals surface area contributed by atoms with Gasteiger partial charge in [0.05, 0.1) is 11.1 Å². The lowest BCUT2D eigenvalue weighted by atomic mass is 10.0. The molecule has 0 saturated carbocycles. The van der Waals surface area contributed by atoms with Crippen molar-refractivity contribution in [2.75, 3.05) is 19.6 Å². The standard InChI is InChI=1S/C20H25N3O4/c1-2-5-18(25)22-11-8-14(9-12-22)21-17(24)10-13-23-19(26)15-6-3-4-7-16(15)20(23)27/h3-4,6-7,14H,2,5,8-13H2,1H3,(H,21,24). The van der Waals surface area contributed by atoms with E-state index in [0.717, 1.165) is 24.2 Å². The first kappa shape index (κ1) is 19.1. The van der Waals surface area contributed by atoms with Crippen molar-refractivity contribution in [1.29, 1.82) is 0 Å². The van der Waals surface area contributed by atoms with Crippen molar-refractivity contribution in [2.45, 2.75) is 45.1 Å². The van der Waals surface area contributed by atoms with Crippen molar-refractivity contribution in [2.24, 2.45) is 0 Å². The van der Waals surface area contributed by atoms with Crippen molar-refractivity contribution < 1.29 is 19.2 Å². The minimum atomic E-state index is -0.342. The molecule has 7 nitrogen and oxygen atoms in total. The quantitative estimate of drug-likeness (QED) is 0.769. The molecule has 0 aromatic heterocycles. The van der Waals surface area contributed by atoms with Crippen molar-refractivity contribution >= 4 is 23.6 Å². The van der Waals surface area contributed by atoms with E-state index in [0.29, 0.717) is 30.6 Å². The second-order valence-corrected chi connectivity index (χ2v) is 7.03. The average molecular weight is 371 g/mol. The Hall–Kier alpha value is -2.70. The van der Waals surface area contributed by atoms with Crippen LogP contribution in [0.2, 0.25) is 0 Å². The highest BCUT2D eigenvalue weighted by atomic mass is 16.2. The molecule has 0 atom stereocenters. The largest absolute Gasteiger partial charge is 0.353 e. The molecule has 7 heteroatoms. The third-order valence-corrected chi connectivity index (χ3v) is 5.12. The topological polar surface area (TPSA) is 86.8 Å². The first-order valence-electron chi connectivity index (χ1n) is 9.53. The summed E-state index contributed by atoms with van der Waals surface area (Å²) in [6, 6.07) is 6.73. The normalized spacial score (nSPS) is 17.2. The lowest BCUT2D eigenvalue weighted by Gasteiger charge is -2.32. The number of hydrogen-bond donors (Lipinski definition) is 1. The molecule has 2 aliphatic rings. The second-order valence-electron chi connectivity index (χ2n) is 7.03. The van der Waals surface area contributed by atoms with Gasteiger partial charge in [0.15, 0.2) is 0 Å². The number of fused-ring (bicyclic) bond motifs is 1. The van der Waals surface area contributed by atoms with E-state index in [2.05, 4.69) is 5.32 Å². The lowest BCUT2D eigenvalue weighted by Crippen LogP contribution is -2.47. The van der Waals surface area contributed by atoms with Gasteiger partial charge in [-0.05, 0) is 31.4 Å². The third-order valence-electron chi connectivity index (χ3n) is 5.12. The second kappa shape index (κ2) is 8.33. The third kappa shape index (κ3) is 4.18. The molecule has 1 aromatic carbocycles. The van der Waals surface area contributed by atoms with Crippen LogP contribution in [0.1, 0.15) is 59.7 Å². The minimum absolute atomic E-state index is 0.0327. The Kier molecular flexibility index (Phi) is 5.88. The van der Waals surface area contributed by atoms with Crippen LogP contribution in [0.5, 0.6) is 0 Å². The van der Waals surface area contributed by atoms with Crippen molar-refractivity contribution in [3.8, 4) is 0 Å². The molecule has 27 heavy (non-hydrogen) atoms. The van der Waals surface area contributed by atoms with E-state index in [-0.39, 0.29) is 42.6 Å². The maximum absolute atomic E-state index is 12.3. The highest BCUT2D eigenvalue weighted by Crippen LogP contribution is 2.22. The monoisotopic (exact) mass is 371 g/mol. The molecule has 0 spiro atoms. The first-order chi connectivity index (χ1) is 13.0. The summed E-state index contributed by atoms with van der Waals surface area (Å²) in [7, 11) is 0. The van der Waals surface area contributed by atoms with Crippen LogP contribution in [-0.4, -0.2) is 59.1 Å². The molecule has 0 bridgehead atoms.